The van der Waals surface area contributed by atoms with Gasteiger partial charge in [0.15, 0.2) is 0 Å². The van der Waals surface area contributed by atoms with E-state index in [1.165, 1.54) is 0 Å². The van der Waals surface area contributed by atoms with Gasteiger partial charge in [0.1, 0.15) is 6.10 Å². The molecular weight excluding hydrogens is 381 g/mol. The number of anilines is 1. The summed E-state index contributed by atoms with van der Waals surface area (Å²) < 4.78 is 69.6. The number of nitrogens with two attached hydrogens (primary N) is 1. The number of benzene rings is 2. The summed E-state index contributed by atoms with van der Waals surface area (Å²) >= 11 is 0. The summed E-state index contributed by atoms with van der Waals surface area (Å²) in [5.74, 6) is 0. The van der Waals surface area contributed by atoms with Crippen LogP contribution in [0.15, 0.2) is 53.4 Å². The summed E-state index contributed by atoms with van der Waals surface area (Å²) in [6.07, 6.45) is -5.42. The van der Waals surface area contributed by atoms with Gasteiger partial charge < -0.3 is 9.64 Å². The molecule has 0 radical (unpaired) electrons. The van der Waals surface area contributed by atoms with Gasteiger partial charge >= 0.3 is 6.18 Å². The van der Waals surface area contributed by atoms with E-state index in [-0.39, 0.29) is 24.9 Å². The summed E-state index contributed by atoms with van der Waals surface area (Å²) in [6.45, 7) is 2.25. The minimum atomic E-state index is -4.72. The molecule has 3 rings (SSSR count). The van der Waals surface area contributed by atoms with Crippen LogP contribution in [0.25, 0.3) is 0 Å². The number of hydrogen-bond donors (Lipinski definition) is 1. The van der Waals surface area contributed by atoms with Crippen molar-refractivity contribution in [2.24, 2.45) is 5.14 Å². The Labute approximate surface area is 155 Å². The van der Waals surface area contributed by atoms with Crippen molar-refractivity contribution >= 4 is 15.7 Å². The summed E-state index contributed by atoms with van der Waals surface area (Å²) in [5.41, 5.74) is -0.260. The highest BCUT2D eigenvalue weighted by atomic mass is 32.2. The highest BCUT2D eigenvalue weighted by molar-refractivity contribution is 7.89. The van der Waals surface area contributed by atoms with Crippen LogP contribution in [0.1, 0.15) is 24.2 Å². The molecule has 9 heteroatoms. The lowest BCUT2D eigenvalue weighted by atomic mass is 10.0. The molecule has 2 aromatic rings. The average molecular weight is 400 g/mol. The highest BCUT2D eigenvalue weighted by Gasteiger charge is 2.38. The standard InChI is InChI=1S/C18H19F3N2O3S/c1-12-10-23(11-17(26-12)13-5-3-2-4-6-13)16-8-7-14(27(22,24)25)9-15(16)18(19,20)21/h2-9,12,17H,10-11H2,1H3,(H2,22,24,25)/t12-,17-/m0/s1. The van der Waals surface area contributed by atoms with Crippen molar-refractivity contribution in [2.45, 2.75) is 30.2 Å². The molecule has 0 bridgehead atoms. The molecule has 2 aromatic carbocycles. The maximum Gasteiger partial charge on any atom is 0.418 e. The van der Waals surface area contributed by atoms with E-state index in [4.69, 9.17) is 9.88 Å². The first-order valence-electron chi connectivity index (χ1n) is 8.25. The zero-order valence-corrected chi connectivity index (χ0v) is 15.3. The van der Waals surface area contributed by atoms with E-state index in [0.29, 0.717) is 6.07 Å². The van der Waals surface area contributed by atoms with Crippen LogP contribution in [0, 0.1) is 0 Å². The van der Waals surface area contributed by atoms with Gasteiger partial charge in [-0.1, -0.05) is 30.3 Å². The molecule has 1 aliphatic rings. The predicted molar refractivity (Wildman–Crippen MR) is 94.8 cm³/mol. The minimum Gasteiger partial charge on any atom is -0.367 e. The fourth-order valence-electron chi connectivity index (χ4n) is 3.19. The van der Waals surface area contributed by atoms with Crippen LogP contribution < -0.4 is 10.0 Å². The molecule has 0 amide bonds. The molecule has 1 heterocycles. The summed E-state index contributed by atoms with van der Waals surface area (Å²) in [4.78, 5) is 1.00. The molecule has 1 fully saturated rings. The van der Waals surface area contributed by atoms with Crippen LogP contribution in [0.2, 0.25) is 0 Å². The van der Waals surface area contributed by atoms with Crippen LogP contribution in [0.5, 0.6) is 0 Å². The molecule has 0 saturated carbocycles. The van der Waals surface area contributed by atoms with Gasteiger partial charge in [-0.2, -0.15) is 13.2 Å². The Balaban J connectivity index is 2.01. The summed E-state index contributed by atoms with van der Waals surface area (Å²) in [5, 5.41) is 4.99. The molecule has 0 aromatic heterocycles. The van der Waals surface area contributed by atoms with Crippen molar-refractivity contribution < 1.29 is 26.3 Å². The molecule has 27 heavy (non-hydrogen) atoms. The lowest BCUT2D eigenvalue weighted by molar-refractivity contribution is -0.137. The molecule has 1 aliphatic heterocycles. The Morgan fingerprint density at radius 3 is 2.37 bits per heavy atom. The molecule has 2 atom stereocenters. The Morgan fingerprint density at radius 2 is 1.78 bits per heavy atom. The van der Waals surface area contributed by atoms with Gasteiger partial charge in [0, 0.05) is 18.8 Å². The molecule has 5 nitrogen and oxygen atoms in total. The molecule has 2 N–H and O–H groups in total. The van der Waals surface area contributed by atoms with E-state index in [0.717, 1.165) is 17.7 Å². The monoisotopic (exact) mass is 400 g/mol. The van der Waals surface area contributed by atoms with Crippen LogP contribution in [-0.4, -0.2) is 27.6 Å². The Morgan fingerprint density at radius 1 is 1.11 bits per heavy atom. The van der Waals surface area contributed by atoms with Crippen molar-refractivity contribution in [1.82, 2.24) is 0 Å². The first-order valence-corrected chi connectivity index (χ1v) is 9.80. The quantitative estimate of drug-likeness (QED) is 0.858. The topological polar surface area (TPSA) is 72.6 Å². The zero-order valence-electron chi connectivity index (χ0n) is 14.5. The smallest absolute Gasteiger partial charge is 0.367 e. The van der Waals surface area contributed by atoms with Gasteiger partial charge in [0.05, 0.1) is 16.6 Å². The van der Waals surface area contributed by atoms with Gasteiger partial charge in [-0.15, -0.1) is 0 Å². The molecule has 1 saturated heterocycles. The van der Waals surface area contributed by atoms with Crippen molar-refractivity contribution in [1.29, 1.82) is 0 Å². The second kappa shape index (κ2) is 7.14. The molecule has 0 spiro atoms. The van der Waals surface area contributed by atoms with Crippen LogP contribution >= 0.6 is 0 Å². The number of ether oxygens (including phenoxy) is 1. The van der Waals surface area contributed by atoms with E-state index in [1.54, 1.807) is 11.8 Å². The van der Waals surface area contributed by atoms with E-state index >= 15 is 0 Å². The normalized spacial score (nSPS) is 21.3. The van der Waals surface area contributed by atoms with E-state index in [1.807, 2.05) is 30.3 Å². The molecular formula is C18H19F3N2O3S. The Hall–Kier alpha value is -2.10. The van der Waals surface area contributed by atoms with Crippen LogP contribution in [0.4, 0.5) is 18.9 Å². The van der Waals surface area contributed by atoms with Crippen molar-refractivity contribution in [3.63, 3.8) is 0 Å². The SMILES string of the molecule is C[C@H]1CN(c2ccc(S(N)(=O)=O)cc2C(F)(F)F)C[C@@H](c2ccccc2)O1. The lowest BCUT2D eigenvalue weighted by Gasteiger charge is -2.39. The van der Waals surface area contributed by atoms with E-state index in [2.05, 4.69) is 0 Å². The summed E-state index contributed by atoms with van der Waals surface area (Å²) in [6, 6.07) is 12.1. The third-order valence-electron chi connectivity index (χ3n) is 4.37. The highest BCUT2D eigenvalue weighted by Crippen LogP contribution is 2.40. The number of sulfonamides is 1. The largest absolute Gasteiger partial charge is 0.418 e. The maximum atomic E-state index is 13.6. The third-order valence-corrected chi connectivity index (χ3v) is 5.29. The van der Waals surface area contributed by atoms with Gasteiger partial charge in [-0.3, -0.25) is 0 Å². The minimum absolute atomic E-state index is 0.0917. The average Bonchev–Trinajstić information content (AvgIpc) is 2.60. The number of morpholine rings is 1. The maximum absolute atomic E-state index is 13.6. The molecule has 0 unspecified atom stereocenters. The van der Waals surface area contributed by atoms with E-state index in [9.17, 15) is 21.6 Å². The number of primary sulfonamides is 1. The fraction of sp³-hybridized carbons (Fsp3) is 0.333. The second-order valence-corrected chi connectivity index (χ2v) is 8.03. The van der Waals surface area contributed by atoms with Gasteiger partial charge in [0.25, 0.3) is 0 Å². The number of hydrogen-bond acceptors (Lipinski definition) is 4. The van der Waals surface area contributed by atoms with Crippen molar-refractivity contribution in [2.75, 3.05) is 18.0 Å². The fourth-order valence-corrected chi connectivity index (χ4v) is 3.73. The zero-order chi connectivity index (χ0) is 19.8. The predicted octanol–water partition coefficient (Wildman–Crippen LogP) is 3.32. The van der Waals surface area contributed by atoms with Crippen molar-refractivity contribution in [3.8, 4) is 0 Å². The Kier molecular flexibility index (Phi) is 5.20. The number of halogens is 3. The Bertz CT molecular complexity index is 917. The third kappa shape index (κ3) is 4.42. The second-order valence-electron chi connectivity index (χ2n) is 6.47. The van der Waals surface area contributed by atoms with Gasteiger partial charge in [-0.25, -0.2) is 13.6 Å². The molecule has 0 aliphatic carbocycles. The van der Waals surface area contributed by atoms with E-state index < -0.39 is 32.8 Å². The lowest BCUT2D eigenvalue weighted by Crippen LogP contribution is -2.43. The molecule has 146 valence electrons. The van der Waals surface area contributed by atoms with Crippen molar-refractivity contribution in [3.05, 3.63) is 59.7 Å². The number of nitrogens with zero attached hydrogens (tertiary/aromatic N) is 1. The summed E-state index contributed by atoms with van der Waals surface area (Å²) in [7, 11) is -4.24. The van der Waals surface area contributed by atoms with Crippen LogP contribution in [0.3, 0.4) is 0 Å². The van der Waals surface area contributed by atoms with Gasteiger partial charge in [-0.05, 0) is 30.7 Å². The first-order chi connectivity index (χ1) is 12.6. The van der Waals surface area contributed by atoms with Gasteiger partial charge in [0.2, 0.25) is 10.0 Å². The first kappa shape index (κ1) is 19.7. The number of rotatable bonds is 3. The van der Waals surface area contributed by atoms with Crippen LogP contribution in [-0.2, 0) is 20.9 Å². The number of alkyl halides is 3.